The molecular formula is C15H22N2O. The second-order valence-corrected chi connectivity index (χ2v) is 4.55. The fraction of sp³-hybridized carbons (Fsp3) is 0.467. The second-order valence-electron chi connectivity index (χ2n) is 4.55. The zero-order chi connectivity index (χ0) is 12.8. The molecule has 1 N–H and O–H groups in total. The van der Waals surface area contributed by atoms with Crippen LogP contribution in [-0.4, -0.2) is 24.8 Å². The Balaban J connectivity index is 2.06. The van der Waals surface area contributed by atoms with Crippen LogP contribution in [0.3, 0.4) is 0 Å². The maximum Gasteiger partial charge on any atom is 0.0645 e. The third-order valence-electron chi connectivity index (χ3n) is 3.04. The molecule has 0 aliphatic heterocycles. The normalized spacial score (nSPS) is 11.2. The second kappa shape index (κ2) is 6.57. The van der Waals surface area contributed by atoms with Crippen molar-refractivity contribution in [1.29, 1.82) is 0 Å². The summed E-state index contributed by atoms with van der Waals surface area (Å²) in [6.07, 6.45) is 3.23. The van der Waals surface area contributed by atoms with E-state index in [4.69, 9.17) is 4.74 Å². The summed E-state index contributed by atoms with van der Waals surface area (Å²) in [5.74, 6) is 0. The van der Waals surface area contributed by atoms with Crippen molar-refractivity contribution in [3.05, 3.63) is 36.0 Å². The topological polar surface area (TPSA) is 26.2 Å². The molecule has 0 amide bonds. The van der Waals surface area contributed by atoms with Crippen LogP contribution in [0, 0.1) is 0 Å². The molecule has 1 aromatic heterocycles. The van der Waals surface area contributed by atoms with E-state index in [9.17, 15) is 0 Å². The van der Waals surface area contributed by atoms with Crippen molar-refractivity contribution < 1.29 is 4.74 Å². The molecule has 0 aliphatic rings. The first kappa shape index (κ1) is 13.1. The Morgan fingerprint density at radius 1 is 1.22 bits per heavy atom. The highest BCUT2D eigenvalue weighted by molar-refractivity contribution is 5.80. The van der Waals surface area contributed by atoms with Crippen LogP contribution >= 0.6 is 0 Å². The first-order valence-corrected chi connectivity index (χ1v) is 6.65. The maximum absolute atomic E-state index is 5.54. The summed E-state index contributed by atoms with van der Waals surface area (Å²) in [6, 6.07) is 8.80. The van der Waals surface area contributed by atoms with Crippen molar-refractivity contribution in [2.24, 2.45) is 0 Å². The van der Waals surface area contributed by atoms with Gasteiger partial charge < -0.3 is 14.6 Å². The Hall–Kier alpha value is -1.32. The van der Waals surface area contributed by atoms with Gasteiger partial charge in [-0.1, -0.05) is 13.0 Å². The molecule has 1 aromatic carbocycles. The Labute approximate surface area is 109 Å². The zero-order valence-corrected chi connectivity index (χ0v) is 11.3. The monoisotopic (exact) mass is 246 g/mol. The zero-order valence-electron chi connectivity index (χ0n) is 11.3. The lowest BCUT2D eigenvalue weighted by Crippen LogP contribution is -2.06. The van der Waals surface area contributed by atoms with E-state index in [0.29, 0.717) is 0 Å². The number of hydrogen-bond acceptors (Lipinski definition) is 2. The van der Waals surface area contributed by atoms with Gasteiger partial charge in [-0.05, 0) is 42.6 Å². The van der Waals surface area contributed by atoms with Crippen molar-refractivity contribution >= 4 is 10.9 Å². The van der Waals surface area contributed by atoms with Gasteiger partial charge in [-0.25, -0.2) is 0 Å². The maximum atomic E-state index is 5.54. The number of hydrogen-bond donors (Lipinski definition) is 1. The number of nitrogens with zero attached hydrogens (tertiary/aromatic N) is 1. The molecule has 0 unspecified atom stereocenters. The Kier molecular flexibility index (Phi) is 4.79. The molecule has 0 aliphatic carbocycles. The SMILES string of the molecule is CCCOCCn1ccc2cc(CNC)ccc21. The van der Waals surface area contributed by atoms with E-state index >= 15 is 0 Å². The first-order chi connectivity index (χ1) is 8.85. The molecule has 0 fully saturated rings. The van der Waals surface area contributed by atoms with Crippen LogP contribution < -0.4 is 5.32 Å². The highest BCUT2D eigenvalue weighted by Gasteiger charge is 2.01. The van der Waals surface area contributed by atoms with Crippen molar-refractivity contribution in [3.8, 4) is 0 Å². The minimum absolute atomic E-state index is 0.788. The summed E-state index contributed by atoms with van der Waals surface area (Å²) in [7, 11) is 1.97. The Bertz CT molecular complexity index is 490. The molecule has 2 rings (SSSR count). The van der Waals surface area contributed by atoms with Gasteiger partial charge in [-0.2, -0.15) is 0 Å². The van der Waals surface area contributed by atoms with E-state index in [1.54, 1.807) is 0 Å². The first-order valence-electron chi connectivity index (χ1n) is 6.65. The van der Waals surface area contributed by atoms with Gasteiger partial charge in [-0.15, -0.1) is 0 Å². The van der Waals surface area contributed by atoms with Gasteiger partial charge in [0.05, 0.1) is 6.61 Å². The van der Waals surface area contributed by atoms with Crippen LogP contribution in [0.15, 0.2) is 30.5 Å². The van der Waals surface area contributed by atoms with E-state index < -0.39 is 0 Å². The van der Waals surface area contributed by atoms with Gasteiger partial charge >= 0.3 is 0 Å². The highest BCUT2D eigenvalue weighted by Crippen LogP contribution is 2.17. The Morgan fingerprint density at radius 3 is 2.89 bits per heavy atom. The lowest BCUT2D eigenvalue weighted by Gasteiger charge is -2.07. The van der Waals surface area contributed by atoms with E-state index in [1.165, 1.54) is 16.5 Å². The van der Waals surface area contributed by atoms with Gasteiger partial charge in [0.15, 0.2) is 0 Å². The molecule has 0 spiro atoms. The molecule has 0 atom stereocenters. The number of rotatable bonds is 7. The van der Waals surface area contributed by atoms with E-state index in [-0.39, 0.29) is 0 Å². The molecule has 3 heteroatoms. The molecule has 0 saturated carbocycles. The number of fused-ring (bicyclic) bond motifs is 1. The minimum atomic E-state index is 0.788. The van der Waals surface area contributed by atoms with Gasteiger partial charge in [0.2, 0.25) is 0 Å². The Morgan fingerprint density at radius 2 is 2.11 bits per heavy atom. The largest absolute Gasteiger partial charge is 0.380 e. The summed E-state index contributed by atoms with van der Waals surface area (Å²) in [4.78, 5) is 0. The van der Waals surface area contributed by atoms with E-state index in [1.807, 2.05) is 7.05 Å². The minimum Gasteiger partial charge on any atom is -0.380 e. The average molecular weight is 246 g/mol. The fourth-order valence-corrected chi connectivity index (χ4v) is 2.17. The molecule has 0 radical (unpaired) electrons. The fourth-order valence-electron chi connectivity index (χ4n) is 2.17. The summed E-state index contributed by atoms with van der Waals surface area (Å²) in [5.41, 5.74) is 2.61. The molecule has 98 valence electrons. The van der Waals surface area contributed by atoms with Crippen LogP contribution in [0.2, 0.25) is 0 Å². The van der Waals surface area contributed by atoms with Gasteiger partial charge in [-0.3, -0.25) is 0 Å². The van der Waals surface area contributed by atoms with Crippen LogP contribution in [0.5, 0.6) is 0 Å². The molecule has 2 aromatic rings. The van der Waals surface area contributed by atoms with Crippen molar-refractivity contribution in [1.82, 2.24) is 9.88 Å². The lowest BCUT2D eigenvalue weighted by molar-refractivity contribution is 0.127. The number of nitrogens with one attached hydrogen (secondary N) is 1. The van der Waals surface area contributed by atoms with Crippen molar-refractivity contribution in [3.63, 3.8) is 0 Å². The molecule has 18 heavy (non-hydrogen) atoms. The highest BCUT2D eigenvalue weighted by atomic mass is 16.5. The number of aromatic nitrogens is 1. The summed E-state index contributed by atoms with van der Waals surface area (Å²) >= 11 is 0. The number of benzene rings is 1. The third-order valence-corrected chi connectivity index (χ3v) is 3.04. The molecule has 0 saturated heterocycles. The van der Waals surface area contributed by atoms with Gasteiger partial charge in [0, 0.05) is 31.4 Å². The summed E-state index contributed by atoms with van der Waals surface area (Å²) in [5, 5.41) is 4.48. The lowest BCUT2D eigenvalue weighted by atomic mass is 10.1. The van der Waals surface area contributed by atoms with E-state index in [2.05, 4.69) is 47.3 Å². The third kappa shape index (κ3) is 3.12. The quantitative estimate of drug-likeness (QED) is 0.760. The molecule has 0 bridgehead atoms. The van der Waals surface area contributed by atoms with Gasteiger partial charge in [0.25, 0.3) is 0 Å². The van der Waals surface area contributed by atoms with Crippen LogP contribution in [0.25, 0.3) is 10.9 Å². The molecule has 1 heterocycles. The molecular weight excluding hydrogens is 224 g/mol. The van der Waals surface area contributed by atoms with Gasteiger partial charge in [0.1, 0.15) is 0 Å². The van der Waals surface area contributed by atoms with Crippen molar-refractivity contribution in [2.75, 3.05) is 20.3 Å². The standard InChI is InChI=1S/C15H22N2O/c1-3-9-18-10-8-17-7-6-14-11-13(12-16-2)4-5-15(14)17/h4-7,11,16H,3,8-10,12H2,1-2H3. The van der Waals surface area contributed by atoms with Crippen LogP contribution in [0.1, 0.15) is 18.9 Å². The smallest absolute Gasteiger partial charge is 0.0645 e. The van der Waals surface area contributed by atoms with Crippen molar-refractivity contribution in [2.45, 2.75) is 26.4 Å². The predicted molar refractivity (Wildman–Crippen MR) is 75.8 cm³/mol. The average Bonchev–Trinajstić information content (AvgIpc) is 2.78. The summed E-state index contributed by atoms with van der Waals surface area (Å²) in [6.45, 7) is 5.62. The predicted octanol–water partition coefficient (Wildman–Crippen LogP) is 2.79. The molecule has 3 nitrogen and oxygen atoms in total. The van der Waals surface area contributed by atoms with Crippen LogP contribution in [0.4, 0.5) is 0 Å². The van der Waals surface area contributed by atoms with Crippen LogP contribution in [-0.2, 0) is 17.8 Å². The van der Waals surface area contributed by atoms with E-state index in [0.717, 1.165) is 32.7 Å². The number of ether oxygens (including phenoxy) is 1. The summed E-state index contributed by atoms with van der Waals surface area (Å²) < 4.78 is 7.79.